The van der Waals surface area contributed by atoms with Gasteiger partial charge < -0.3 is 15.1 Å². The largest absolute Gasteiger partial charge is 0.519 e. The van der Waals surface area contributed by atoms with Gasteiger partial charge in [0.25, 0.3) is 0 Å². The molecule has 0 radical (unpaired) electrons. The second kappa shape index (κ2) is 4.58. The molecule has 3 N–H and O–H groups in total. The molecule has 0 spiro atoms. The predicted molar refractivity (Wildman–Crippen MR) is 59.7 cm³/mol. The Morgan fingerprint density at radius 2 is 2.33 bits per heavy atom. The van der Waals surface area contributed by atoms with E-state index in [1.807, 2.05) is 19.6 Å². The fourth-order valence-electron chi connectivity index (χ4n) is 1.09. The number of carbonyl (C=O) groups excluding carboxylic acids is 1. The minimum atomic E-state index is -1.84. The van der Waals surface area contributed by atoms with Gasteiger partial charge in [-0.05, 0) is 19.6 Å². The van der Waals surface area contributed by atoms with E-state index in [4.69, 9.17) is 10.2 Å². The molecule has 0 aliphatic rings. The number of nitrogens with two attached hydrogens (primary N) is 1. The van der Waals surface area contributed by atoms with E-state index in [0.29, 0.717) is 6.42 Å². The molecule has 0 amide bonds. The van der Waals surface area contributed by atoms with Crippen LogP contribution >= 0.6 is 0 Å². The second-order valence-corrected chi connectivity index (χ2v) is 8.85. The van der Waals surface area contributed by atoms with Crippen LogP contribution in [-0.2, 0) is 15.6 Å². The fourth-order valence-corrected chi connectivity index (χ4v) is 1.85. The molecule has 0 saturated heterocycles. The van der Waals surface area contributed by atoms with E-state index in [2.05, 4.69) is 9.97 Å². The van der Waals surface area contributed by atoms with Crippen molar-refractivity contribution < 1.29 is 9.22 Å². The molecule has 1 atom stereocenters. The lowest BCUT2D eigenvalue weighted by Gasteiger charge is -2.20. The van der Waals surface area contributed by atoms with E-state index >= 15 is 0 Å². The van der Waals surface area contributed by atoms with Crippen LogP contribution in [0.5, 0.6) is 0 Å². The lowest BCUT2D eigenvalue weighted by molar-refractivity contribution is -0.136. The normalized spacial score (nSPS) is 13.6. The van der Waals surface area contributed by atoms with Crippen molar-refractivity contribution in [3.05, 3.63) is 18.2 Å². The summed E-state index contributed by atoms with van der Waals surface area (Å²) in [6.07, 6.45) is 3.65. The summed E-state index contributed by atoms with van der Waals surface area (Å²) in [5, 5.41) is 0. The van der Waals surface area contributed by atoms with Gasteiger partial charge in [0, 0.05) is 18.3 Å². The van der Waals surface area contributed by atoms with Crippen LogP contribution in [-0.4, -0.2) is 30.3 Å². The third-order valence-corrected chi connectivity index (χ3v) is 2.52. The molecular formula is C9H17N3O2Si. The highest BCUT2D eigenvalue weighted by molar-refractivity contribution is 6.71. The summed E-state index contributed by atoms with van der Waals surface area (Å²) >= 11 is 0. The van der Waals surface area contributed by atoms with Gasteiger partial charge in [-0.15, -0.1) is 0 Å². The second-order valence-electron chi connectivity index (χ2n) is 4.42. The van der Waals surface area contributed by atoms with Crippen molar-refractivity contribution in [2.24, 2.45) is 5.73 Å². The van der Waals surface area contributed by atoms with Crippen molar-refractivity contribution in [1.29, 1.82) is 0 Å². The smallest absolute Gasteiger partial charge is 0.310 e. The van der Waals surface area contributed by atoms with Gasteiger partial charge in [-0.25, -0.2) is 4.98 Å². The van der Waals surface area contributed by atoms with Crippen molar-refractivity contribution >= 4 is 14.3 Å². The Bertz CT molecular complexity index is 319. The standard InChI is InChI=1S/C9H17N3O2Si/c1-15(2,3)14-9(13)8(10)4-7-5-11-6-12-7/h5-6,8H,4,10H2,1-3H3,(H,11,12)/t8-/m0/s1. The highest BCUT2D eigenvalue weighted by atomic mass is 28.4. The average molecular weight is 227 g/mol. The Labute approximate surface area is 90.2 Å². The summed E-state index contributed by atoms with van der Waals surface area (Å²) < 4.78 is 5.29. The first-order valence-electron chi connectivity index (χ1n) is 4.84. The van der Waals surface area contributed by atoms with E-state index in [1.54, 1.807) is 12.5 Å². The van der Waals surface area contributed by atoms with Gasteiger partial charge in [0.05, 0.1) is 6.33 Å². The van der Waals surface area contributed by atoms with Gasteiger partial charge in [0.15, 0.2) is 0 Å². The molecule has 1 aromatic rings. The van der Waals surface area contributed by atoms with Crippen LogP contribution in [0.3, 0.4) is 0 Å². The zero-order valence-corrected chi connectivity index (χ0v) is 10.3. The number of carbonyl (C=O) groups is 1. The first-order chi connectivity index (χ1) is 6.88. The van der Waals surface area contributed by atoms with Crippen molar-refractivity contribution in [3.63, 3.8) is 0 Å². The zero-order chi connectivity index (χ0) is 11.5. The van der Waals surface area contributed by atoms with E-state index in [1.165, 1.54) is 0 Å². The average Bonchev–Trinajstić information content (AvgIpc) is 2.53. The Balaban J connectivity index is 2.47. The lowest BCUT2D eigenvalue weighted by atomic mass is 10.2. The van der Waals surface area contributed by atoms with Gasteiger partial charge in [-0.1, -0.05) is 0 Å². The molecule has 5 nitrogen and oxygen atoms in total. The van der Waals surface area contributed by atoms with Crippen LogP contribution in [0.4, 0.5) is 0 Å². The maximum absolute atomic E-state index is 11.5. The minimum Gasteiger partial charge on any atom is -0.519 e. The van der Waals surface area contributed by atoms with Gasteiger partial charge in [0.1, 0.15) is 6.04 Å². The number of rotatable bonds is 4. The van der Waals surface area contributed by atoms with Crippen LogP contribution in [0.25, 0.3) is 0 Å². The molecule has 0 fully saturated rings. The van der Waals surface area contributed by atoms with E-state index in [9.17, 15) is 4.79 Å². The highest BCUT2D eigenvalue weighted by Gasteiger charge is 2.24. The molecule has 6 heteroatoms. The number of nitrogens with one attached hydrogen (secondary N) is 1. The van der Waals surface area contributed by atoms with Crippen LogP contribution in [0.2, 0.25) is 19.6 Å². The van der Waals surface area contributed by atoms with Crippen LogP contribution in [0.15, 0.2) is 12.5 Å². The topological polar surface area (TPSA) is 81.0 Å². The summed E-state index contributed by atoms with van der Waals surface area (Å²) in [7, 11) is -1.84. The summed E-state index contributed by atoms with van der Waals surface area (Å²) in [6.45, 7) is 5.86. The Morgan fingerprint density at radius 1 is 1.67 bits per heavy atom. The van der Waals surface area contributed by atoms with Crippen LogP contribution in [0, 0.1) is 0 Å². The third-order valence-electron chi connectivity index (χ3n) is 1.70. The van der Waals surface area contributed by atoms with Gasteiger partial charge in [-0.2, -0.15) is 0 Å². The van der Waals surface area contributed by atoms with Crippen molar-refractivity contribution in [2.75, 3.05) is 0 Å². The fraction of sp³-hybridized carbons (Fsp3) is 0.556. The third kappa shape index (κ3) is 4.26. The van der Waals surface area contributed by atoms with E-state index < -0.39 is 14.4 Å². The van der Waals surface area contributed by atoms with Gasteiger partial charge in [0.2, 0.25) is 8.32 Å². The van der Waals surface area contributed by atoms with Gasteiger partial charge >= 0.3 is 5.97 Å². The van der Waals surface area contributed by atoms with Crippen LogP contribution < -0.4 is 5.73 Å². The zero-order valence-electron chi connectivity index (χ0n) is 9.28. The maximum Gasteiger partial charge on any atom is 0.310 e. The SMILES string of the molecule is C[Si](C)(C)OC(=O)[C@@H](N)Cc1cnc[nH]1. The maximum atomic E-state index is 11.5. The summed E-state index contributed by atoms with van der Waals surface area (Å²) in [5.41, 5.74) is 6.56. The molecule has 0 unspecified atom stereocenters. The van der Waals surface area contributed by atoms with Crippen molar-refractivity contribution in [1.82, 2.24) is 9.97 Å². The molecule has 0 aliphatic carbocycles. The number of aromatic nitrogens is 2. The number of H-pyrrole nitrogens is 1. The Kier molecular flexibility index (Phi) is 3.65. The molecule has 15 heavy (non-hydrogen) atoms. The van der Waals surface area contributed by atoms with Crippen LogP contribution in [0.1, 0.15) is 5.69 Å². The summed E-state index contributed by atoms with van der Waals surface area (Å²) in [5.74, 6) is -0.330. The van der Waals surface area contributed by atoms with Crippen molar-refractivity contribution in [2.45, 2.75) is 32.1 Å². The quantitative estimate of drug-likeness (QED) is 0.740. The first kappa shape index (κ1) is 11.9. The number of imidazole rings is 1. The molecule has 0 aliphatic heterocycles. The molecule has 0 bridgehead atoms. The molecular weight excluding hydrogens is 210 g/mol. The molecule has 0 saturated carbocycles. The van der Waals surface area contributed by atoms with E-state index in [-0.39, 0.29) is 5.97 Å². The Morgan fingerprint density at radius 3 is 2.80 bits per heavy atom. The number of hydrogen-bond acceptors (Lipinski definition) is 4. The van der Waals surface area contributed by atoms with Gasteiger partial charge in [-0.3, -0.25) is 4.79 Å². The molecule has 1 rings (SSSR count). The van der Waals surface area contributed by atoms with Crippen molar-refractivity contribution in [3.8, 4) is 0 Å². The predicted octanol–water partition coefficient (Wildman–Crippen LogP) is 0.658. The Hall–Kier alpha value is -1.14. The monoisotopic (exact) mass is 227 g/mol. The van der Waals surface area contributed by atoms with E-state index in [0.717, 1.165) is 5.69 Å². The number of hydrogen-bond donors (Lipinski definition) is 2. The lowest BCUT2D eigenvalue weighted by Crippen LogP contribution is -2.40. The molecule has 1 aromatic heterocycles. The summed E-state index contributed by atoms with van der Waals surface area (Å²) in [4.78, 5) is 18.3. The molecule has 84 valence electrons. The molecule has 0 aromatic carbocycles. The first-order valence-corrected chi connectivity index (χ1v) is 8.25. The number of aromatic amines is 1. The minimum absolute atomic E-state index is 0.330. The summed E-state index contributed by atoms with van der Waals surface area (Å²) in [6, 6.07) is -0.614. The number of nitrogens with zero attached hydrogens (tertiary/aromatic N) is 1. The molecule has 1 heterocycles. The highest BCUT2D eigenvalue weighted by Crippen LogP contribution is 2.06.